The molecule has 2 aromatic carbocycles. The number of hydrogen-bond acceptors (Lipinski definition) is 3. The lowest BCUT2D eigenvalue weighted by Gasteiger charge is -2.11. The number of aryl methyl sites for hydroxylation is 2. The van der Waals surface area contributed by atoms with E-state index in [1.165, 1.54) is 0 Å². The number of nitrogens with one attached hydrogen (secondary N) is 1. The van der Waals surface area contributed by atoms with E-state index in [4.69, 9.17) is 21.8 Å². The summed E-state index contributed by atoms with van der Waals surface area (Å²) in [4.78, 5) is 12.5. The van der Waals surface area contributed by atoms with Crippen LogP contribution in [0.25, 0.3) is 11.3 Å². The normalized spacial score (nSPS) is 10.7. The van der Waals surface area contributed by atoms with Gasteiger partial charge in [-0.25, -0.2) is 0 Å². The molecule has 0 aliphatic heterocycles. The van der Waals surface area contributed by atoms with Gasteiger partial charge >= 0.3 is 0 Å². The lowest BCUT2D eigenvalue weighted by atomic mass is 10.1. The van der Waals surface area contributed by atoms with Gasteiger partial charge in [-0.3, -0.25) is 4.79 Å². The second kappa shape index (κ2) is 6.94. The summed E-state index contributed by atoms with van der Waals surface area (Å²) in [5.41, 5.74) is 9.90. The Morgan fingerprint density at radius 3 is 2.60 bits per heavy atom. The Morgan fingerprint density at radius 1 is 1.16 bits per heavy atom. The molecule has 3 rings (SSSR count). The Labute approximate surface area is 159 Å². The molecule has 0 saturated carbocycles. The van der Waals surface area contributed by atoms with E-state index in [2.05, 4.69) is 21.2 Å². The number of furan rings is 1. The highest BCUT2D eigenvalue weighted by Gasteiger charge is 2.16. The summed E-state index contributed by atoms with van der Waals surface area (Å²) >= 11 is 9.40. The van der Waals surface area contributed by atoms with Crippen molar-refractivity contribution >= 4 is 44.8 Å². The number of benzene rings is 2. The molecular weight excluding hydrogens is 404 g/mol. The fourth-order valence-corrected chi connectivity index (χ4v) is 3.52. The van der Waals surface area contributed by atoms with Gasteiger partial charge in [-0.15, -0.1) is 0 Å². The highest BCUT2D eigenvalue weighted by Crippen LogP contribution is 2.32. The van der Waals surface area contributed by atoms with Crippen LogP contribution in [0.3, 0.4) is 0 Å². The van der Waals surface area contributed by atoms with E-state index in [0.717, 1.165) is 21.2 Å². The van der Waals surface area contributed by atoms with Gasteiger partial charge in [-0.1, -0.05) is 17.7 Å². The SMILES string of the molecule is Cc1cc(C)c(NC(=O)c2ccc(-c3ccc(Cl)cc3Br)o2)c(N)c1. The quantitative estimate of drug-likeness (QED) is 0.526. The maximum atomic E-state index is 12.5. The summed E-state index contributed by atoms with van der Waals surface area (Å²) in [6, 6.07) is 12.5. The van der Waals surface area contributed by atoms with Gasteiger partial charge in [-0.2, -0.15) is 0 Å². The van der Waals surface area contributed by atoms with Gasteiger partial charge in [0.2, 0.25) is 0 Å². The molecule has 0 bridgehead atoms. The monoisotopic (exact) mass is 418 g/mol. The molecule has 0 fully saturated rings. The Balaban J connectivity index is 1.86. The lowest BCUT2D eigenvalue weighted by Crippen LogP contribution is -2.13. The molecule has 1 amide bonds. The topological polar surface area (TPSA) is 68.3 Å². The molecule has 0 saturated heterocycles. The van der Waals surface area contributed by atoms with Crippen molar-refractivity contribution in [2.24, 2.45) is 0 Å². The highest BCUT2D eigenvalue weighted by molar-refractivity contribution is 9.10. The van der Waals surface area contributed by atoms with Crippen LogP contribution in [-0.4, -0.2) is 5.91 Å². The number of halogens is 2. The summed E-state index contributed by atoms with van der Waals surface area (Å²) in [6.07, 6.45) is 0. The van der Waals surface area contributed by atoms with Gasteiger partial charge in [0, 0.05) is 15.1 Å². The van der Waals surface area contributed by atoms with Crippen LogP contribution in [0.15, 0.2) is 51.4 Å². The van der Waals surface area contributed by atoms with Gasteiger partial charge in [0.05, 0.1) is 11.4 Å². The molecule has 0 spiro atoms. The number of nitrogens with two attached hydrogens (primary N) is 1. The molecule has 0 aliphatic carbocycles. The number of rotatable bonds is 3. The van der Waals surface area contributed by atoms with Crippen molar-refractivity contribution in [1.29, 1.82) is 0 Å². The molecule has 1 aromatic heterocycles. The second-order valence-electron chi connectivity index (χ2n) is 5.79. The van der Waals surface area contributed by atoms with E-state index >= 15 is 0 Å². The zero-order chi connectivity index (χ0) is 18.1. The van der Waals surface area contributed by atoms with E-state index in [1.54, 1.807) is 24.3 Å². The first-order valence-corrected chi connectivity index (χ1v) is 8.75. The first-order chi connectivity index (χ1) is 11.8. The average Bonchev–Trinajstić information content (AvgIpc) is 3.00. The van der Waals surface area contributed by atoms with Crippen molar-refractivity contribution in [3.63, 3.8) is 0 Å². The fraction of sp³-hybridized carbons (Fsp3) is 0.105. The first kappa shape index (κ1) is 17.6. The van der Waals surface area contributed by atoms with Crippen LogP contribution < -0.4 is 11.1 Å². The first-order valence-electron chi connectivity index (χ1n) is 7.58. The number of anilines is 2. The Bertz CT molecular complexity index is 943. The Hall–Kier alpha value is -2.24. The van der Waals surface area contributed by atoms with Crippen LogP contribution in [0.2, 0.25) is 5.02 Å². The number of hydrogen-bond donors (Lipinski definition) is 2. The van der Waals surface area contributed by atoms with Crippen LogP contribution in [0.5, 0.6) is 0 Å². The number of carbonyl (C=O) groups is 1. The zero-order valence-electron chi connectivity index (χ0n) is 13.7. The van der Waals surface area contributed by atoms with Gasteiger partial charge in [0.1, 0.15) is 5.76 Å². The summed E-state index contributed by atoms with van der Waals surface area (Å²) in [6.45, 7) is 3.86. The molecule has 0 aliphatic rings. The summed E-state index contributed by atoms with van der Waals surface area (Å²) in [5.74, 6) is 0.425. The molecule has 25 heavy (non-hydrogen) atoms. The average molecular weight is 420 g/mol. The van der Waals surface area contributed by atoms with Gasteiger partial charge in [-0.05, 0) is 77.3 Å². The van der Waals surface area contributed by atoms with E-state index in [1.807, 2.05) is 32.0 Å². The minimum absolute atomic E-state index is 0.205. The maximum Gasteiger partial charge on any atom is 0.291 e. The summed E-state index contributed by atoms with van der Waals surface area (Å²) in [5, 5.41) is 3.44. The molecule has 6 heteroatoms. The van der Waals surface area contributed by atoms with Crippen molar-refractivity contribution in [2.45, 2.75) is 13.8 Å². The summed E-state index contributed by atoms with van der Waals surface area (Å²) in [7, 11) is 0. The van der Waals surface area contributed by atoms with Crippen LogP contribution in [0.1, 0.15) is 21.7 Å². The second-order valence-corrected chi connectivity index (χ2v) is 7.08. The van der Waals surface area contributed by atoms with Crippen LogP contribution in [-0.2, 0) is 0 Å². The molecule has 4 nitrogen and oxygen atoms in total. The van der Waals surface area contributed by atoms with Crippen molar-refractivity contribution in [2.75, 3.05) is 11.1 Å². The van der Waals surface area contributed by atoms with Crippen LogP contribution >= 0.6 is 27.5 Å². The minimum Gasteiger partial charge on any atom is -0.451 e. The molecule has 3 N–H and O–H groups in total. The van der Waals surface area contributed by atoms with Gasteiger partial charge in [0.25, 0.3) is 5.91 Å². The van der Waals surface area contributed by atoms with Gasteiger partial charge in [0.15, 0.2) is 5.76 Å². The number of amides is 1. The minimum atomic E-state index is -0.352. The third kappa shape index (κ3) is 3.72. The number of nitrogen functional groups attached to an aromatic ring is 1. The third-order valence-corrected chi connectivity index (χ3v) is 4.67. The van der Waals surface area contributed by atoms with Crippen molar-refractivity contribution in [1.82, 2.24) is 0 Å². The molecule has 1 heterocycles. The van der Waals surface area contributed by atoms with Crippen molar-refractivity contribution in [3.05, 3.63) is 68.8 Å². The van der Waals surface area contributed by atoms with Gasteiger partial charge < -0.3 is 15.5 Å². The number of carbonyl (C=O) groups excluding carboxylic acids is 1. The van der Waals surface area contributed by atoms with E-state index in [0.29, 0.717) is 22.2 Å². The smallest absolute Gasteiger partial charge is 0.291 e. The van der Waals surface area contributed by atoms with E-state index < -0.39 is 0 Å². The van der Waals surface area contributed by atoms with E-state index in [-0.39, 0.29) is 11.7 Å². The Morgan fingerprint density at radius 2 is 1.92 bits per heavy atom. The third-order valence-electron chi connectivity index (χ3n) is 3.78. The predicted octanol–water partition coefficient (Wildman–Crippen LogP) is 5.81. The Kier molecular flexibility index (Phi) is 4.88. The maximum absolute atomic E-state index is 12.5. The largest absolute Gasteiger partial charge is 0.451 e. The van der Waals surface area contributed by atoms with Crippen LogP contribution in [0, 0.1) is 13.8 Å². The highest BCUT2D eigenvalue weighted by atomic mass is 79.9. The summed E-state index contributed by atoms with van der Waals surface area (Å²) < 4.78 is 6.49. The zero-order valence-corrected chi connectivity index (χ0v) is 16.0. The van der Waals surface area contributed by atoms with E-state index in [9.17, 15) is 4.79 Å². The molecule has 3 aromatic rings. The predicted molar refractivity (Wildman–Crippen MR) is 105 cm³/mol. The molecular formula is C19H16BrClN2O2. The standard InChI is InChI=1S/C19H16BrClN2O2/c1-10-7-11(2)18(15(22)8-10)23-19(24)17-6-5-16(25-17)13-4-3-12(21)9-14(13)20/h3-9H,22H2,1-2H3,(H,23,24). The lowest BCUT2D eigenvalue weighted by molar-refractivity contribution is 0.0997. The van der Waals surface area contributed by atoms with Crippen molar-refractivity contribution in [3.8, 4) is 11.3 Å². The molecule has 0 atom stereocenters. The fourth-order valence-electron chi connectivity index (χ4n) is 2.64. The molecule has 0 unspecified atom stereocenters. The van der Waals surface area contributed by atoms with Crippen molar-refractivity contribution < 1.29 is 9.21 Å². The van der Waals surface area contributed by atoms with Crippen LogP contribution in [0.4, 0.5) is 11.4 Å². The molecule has 0 radical (unpaired) electrons. The molecule has 128 valence electrons.